The molecule has 3 rings (SSSR count). The Morgan fingerprint density at radius 1 is 1.28 bits per heavy atom. The van der Waals surface area contributed by atoms with Gasteiger partial charge < -0.3 is 10.3 Å². The summed E-state index contributed by atoms with van der Waals surface area (Å²) in [6.07, 6.45) is 3.36. The molecule has 1 aliphatic rings. The van der Waals surface area contributed by atoms with Crippen LogP contribution in [0.4, 0.5) is 0 Å². The van der Waals surface area contributed by atoms with Crippen molar-refractivity contribution in [3.8, 4) is 11.4 Å². The van der Waals surface area contributed by atoms with E-state index in [1.165, 1.54) is 24.0 Å². The molecule has 0 unspecified atom stereocenters. The Kier molecular flexibility index (Phi) is 2.88. The molecular weight excluding hydrogens is 224 g/mol. The first kappa shape index (κ1) is 11.4. The highest BCUT2D eigenvalue weighted by Gasteiger charge is 2.29. The smallest absolute Gasteiger partial charge is 0.164 e. The molecule has 0 spiro atoms. The van der Waals surface area contributed by atoms with Crippen molar-refractivity contribution in [1.29, 1.82) is 0 Å². The number of hydrogen-bond donors (Lipinski definition) is 1. The van der Waals surface area contributed by atoms with Crippen LogP contribution in [0.2, 0.25) is 0 Å². The third-order valence-electron chi connectivity index (χ3n) is 3.45. The first-order valence-corrected chi connectivity index (χ1v) is 6.51. The van der Waals surface area contributed by atoms with E-state index < -0.39 is 0 Å². The van der Waals surface area contributed by atoms with Gasteiger partial charge in [0, 0.05) is 11.6 Å². The minimum atomic E-state index is 0.598. The van der Waals surface area contributed by atoms with E-state index in [2.05, 4.69) is 39.0 Å². The van der Waals surface area contributed by atoms with Crippen LogP contribution in [0.3, 0.4) is 0 Å². The van der Waals surface area contributed by atoms with Crippen molar-refractivity contribution in [3.63, 3.8) is 0 Å². The highest BCUT2D eigenvalue weighted by molar-refractivity contribution is 5.61. The summed E-state index contributed by atoms with van der Waals surface area (Å²) in [5, 5.41) is 8.60. The van der Waals surface area contributed by atoms with Crippen molar-refractivity contribution in [3.05, 3.63) is 35.7 Å². The van der Waals surface area contributed by atoms with Crippen LogP contribution in [0.1, 0.15) is 30.3 Å². The summed E-state index contributed by atoms with van der Waals surface area (Å²) in [5.41, 5.74) is 8.12. The van der Waals surface area contributed by atoms with Gasteiger partial charge in [0.15, 0.2) is 5.82 Å². The van der Waals surface area contributed by atoms with Crippen molar-refractivity contribution in [1.82, 2.24) is 14.8 Å². The van der Waals surface area contributed by atoms with E-state index in [1.807, 2.05) is 6.92 Å². The number of aryl methyl sites for hydroxylation is 1. The molecular formula is C14H18N4. The van der Waals surface area contributed by atoms with Crippen LogP contribution in [-0.2, 0) is 6.42 Å². The fourth-order valence-corrected chi connectivity index (χ4v) is 2.43. The van der Waals surface area contributed by atoms with E-state index in [0.29, 0.717) is 12.6 Å². The minimum absolute atomic E-state index is 0.598. The molecule has 1 aromatic heterocycles. The fraction of sp³-hybridized carbons (Fsp3) is 0.429. The molecule has 1 saturated carbocycles. The predicted molar refractivity (Wildman–Crippen MR) is 71.2 cm³/mol. The van der Waals surface area contributed by atoms with E-state index in [-0.39, 0.29) is 0 Å². The van der Waals surface area contributed by atoms with Crippen LogP contribution < -0.4 is 5.73 Å². The van der Waals surface area contributed by atoms with Crippen LogP contribution in [0.15, 0.2) is 24.3 Å². The van der Waals surface area contributed by atoms with Gasteiger partial charge in [-0.15, -0.1) is 10.2 Å². The summed E-state index contributed by atoms with van der Waals surface area (Å²) >= 11 is 0. The molecule has 2 aromatic rings. The Bertz CT molecular complexity index is 555. The van der Waals surface area contributed by atoms with Crippen LogP contribution in [-0.4, -0.2) is 21.3 Å². The first-order valence-electron chi connectivity index (χ1n) is 6.51. The summed E-state index contributed by atoms with van der Waals surface area (Å²) in [4.78, 5) is 0. The van der Waals surface area contributed by atoms with E-state index in [4.69, 9.17) is 5.73 Å². The van der Waals surface area contributed by atoms with Gasteiger partial charge in [-0.3, -0.25) is 0 Å². The number of aromatic nitrogens is 3. The predicted octanol–water partition coefficient (Wildman–Crippen LogP) is 2.09. The molecule has 2 N–H and O–H groups in total. The maximum absolute atomic E-state index is 5.68. The molecule has 4 heteroatoms. The third-order valence-corrected chi connectivity index (χ3v) is 3.45. The third kappa shape index (κ3) is 1.93. The van der Waals surface area contributed by atoms with Crippen LogP contribution >= 0.6 is 0 Å². The molecule has 0 amide bonds. The normalized spacial score (nSPS) is 15.0. The van der Waals surface area contributed by atoms with Crippen molar-refractivity contribution < 1.29 is 0 Å². The molecule has 1 aliphatic carbocycles. The number of nitrogens with zero attached hydrogens (tertiary/aromatic N) is 3. The number of rotatable bonds is 4. The van der Waals surface area contributed by atoms with Crippen LogP contribution in [0.25, 0.3) is 11.4 Å². The molecule has 0 radical (unpaired) electrons. The number of hydrogen-bond acceptors (Lipinski definition) is 3. The number of nitrogens with two attached hydrogens (primary N) is 1. The van der Waals surface area contributed by atoms with E-state index in [1.54, 1.807) is 0 Å². The summed E-state index contributed by atoms with van der Waals surface area (Å²) in [7, 11) is 0. The first-order chi connectivity index (χ1) is 8.81. The lowest BCUT2D eigenvalue weighted by molar-refractivity contribution is 0.716. The molecule has 0 atom stereocenters. The highest BCUT2D eigenvalue weighted by atomic mass is 15.3. The van der Waals surface area contributed by atoms with Crippen LogP contribution in [0, 0.1) is 6.92 Å². The number of benzene rings is 1. The molecule has 94 valence electrons. The maximum atomic E-state index is 5.68. The van der Waals surface area contributed by atoms with Crippen LogP contribution in [0.5, 0.6) is 0 Å². The van der Waals surface area contributed by atoms with Gasteiger partial charge in [0.2, 0.25) is 0 Å². The molecule has 0 aliphatic heterocycles. The molecule has 1 fully saturated rings. The monoisotopic (exact) mass is 242 g/mol. The van der Waals surface area contributed by atoms with Crippen molar-refractivity contribution >= 4 is 0 Å². The van der Waals surface area contributed by atoms with Gasteiger partial charge in [0.25, 0.3) is 0 Å². The topological polar surface area (TPSA) is 56.7 Å². The minimum Gasteiger partial charge on any atom is -0.330 e. The fourth-order valence-electron chi connectivity index (χ4n) is 2.43. The van der Waals surface area contributed by atoms with E-state index in [0.717, 1.165) is 18.1 Å². The Labute approximate surface area is 107 Å². The van der Waals surface area contributed by atoms with E-state index in [9.17, 15) is 0 Å². The Hall–Kier alpha value is -1.68. The molecule has 0 saturated heterocycles. The Morgan fingerprint density at radius 2 is 2.06 bits per heavy atom. The molecule has 1 heterocycles. The zero-order valence-electron chi connectivity index (χ0n) is 10.6. The van der Waals surface area contributed by atoms with E-state index >= 15 is 0 Å². The second-order valence-corrected chi connectivity index (χ2v) is 4.87. The second-order valence-electron chi connectivity index (χ2n) is 4.87. The Balaban J connectivity index is 2.09. The lowest BCUT2D eigenvalue weighted by atomic mass is 10.0. The van der Waals surface area contributed by atoms with Gasteiger partial charge in [-0.1, -0.05) is 24.3 Å². The summed E-state index contributed by atoms with van der Waals surface area (Å²) < 4.78 is 2.27. The van der Waals surface area contributed by atoms with Crippen molar-refractivity contribution in [2.24, 2.45) is 5.73 Å². The zero-order chi connectivity index (χ0) is 12.5. The van der Waals surface area contributed by atoms with Gasteiger partial charge in [-0.25, -0.2) is 0 Å². The molecule has 1 aromatic carbocycles. The Morgan fingerprint density at radius 3 is 2.78 bits per heavy atom. The van der Waals surface area contributed by atoms with Gasteiger partial charge >= 0.3 is 0 Å². The quantitative estimate of drug-likeness (QED) is 0.893. The van der Waals surface area contributed by atoms with Gasteiger partial charge in [0.05, 0.1) is 0 Å². The second kappa shape index (κ2) is 4.53. The standard InChI is InChI=1S/C14H18N4/c1-10-16-17-14(18(10)12-6-7-12)13-5-3-2-4-11(13)8-9-15/h2-5,12H,6-9,15H2,1H3. The van der Waals surface area contributed by atoms with Gasteiger partial charge in [-0.05, 0) is 38.3 Å². The average Bonchev–Trinajstić information content (AvgIpc) is 3.14. The summed E-state index contributed by atoms with van der Waals surface area (Å²) in [5.74, 6) is 2.01. The molecule has 18 heavy (non-hydrogen) atoms. The maximum Gasteiger partial charge on any atom is 0.164 e. The van der Waals surface area contributed by atoms with Gasteiger partial charge in [0.1, 0.15) is 5.82 Å². The van der Waals surface area contributed by atoms with Crippen molar-refractivity contribution in [2.45, 2.75) is 32.2 Å². The van der Waals surface area contributed by atoms with Crippen molar-refractivity contribution in [2.75, 3.05) is 6.54 Å². The SMILES string of the molecule is Cc1nnc(-c2ccccc2CCN)n1C1CC1. The highest BCUT2D eigenvalue weighted by Crippen LogP contribution is 2.39. The van der Waals surface area contributed by atoms with Gasteiger partial charge in [-0.2, -0.15) is 0 Å². The lowest BCUT2D eigenvalue weighted by Gasteiger charge is -2.10. The largest absolute Gasteiger partial charge is 0.330 e. The molecule has 4 nitrogen and oxygen atoms in total. The lowest BCUT2D eigenvalue weighted by Crippen LogP contribution is -2.06. The zero-order valence-corrected chi connectivity index (χ0v) is 10.6. The summed E-state index contributed by atoms with van der Waals surface area (Å²) in [6.45, 7) is 2.69. The average molecular weight is 242 g/mol. The summed E-state index contributed by atoms with van der Waals surface area (Å²) in [6, 6.07) is 8.95. The molecule has 0 bridgehead atoms.